The van der Waals surface area contributed by atoms with Gasteiger partial charge in [-0.05, 0) is 54.2 Å². The van der Waals surface area contributed by atoms with Gasteiger partial charge in [0.05, 0.1) is 11.0 Å². The number of carbonyl (C=O) groups is 1. The molecule has 1 aromatic heterocycles. The van der Waals surface area contributed by atoms with Crippen LogP contribution in [0.4, 0.5) is 5.95 Å². The number of aromatic nitrogens is 2. The maximum absolute atomic E-state index is 12.7. The zero-order valence-electron chi connectivity index (χ0n) is 16.9. The molecule has 30 heavy (non-hydrogen) atoms. The van der Waals surface area contributed by atoms with Gasteiger partial charge >= 0.3 is 0 Å². The quantitative estimate of drug-likeness (QED) is 0.443. The first-order valence-electron chi connectivity index (χ1n) is 10.7. The first-order chi connectivity index (χ1) is 14.8. The van der Waals surface area contributed by atoms with Crippen LogP contribution in [0.3, 0.4) is 0 Å². The molecule has 5 heteroatoms. The molecule has 0 atom stereocenters. The predicted molar refractivity (Wildman–Crippen MR) is 121 cm³/mol. The van der Waals surface area contributed by atoms with Crippen LogP contribution in [0.5, 0.6) is 0 Å². The van der Waals surface area contributed by atoms with Gasteiger partial charge in [0.1, 0.15) is 0 Å². The Hall–Kier alpha value is -3.34. The van der Waals surface area contributed by atoms with Crippen molar-refractivity contribution in [2.24, 2.45) is 5.92 Å². The average Bonchev–Trinajstić information content (AvgIpc) is 3.20. The lowest BCUT2D eigenvalue weighted by Crippen LogP contribution is -2.35. The van der Waals surface area contributed by atoms with Gasteiger partial charge in [0.2, 0.25) is 11.9 Å². The fourth-order valence-corrected chi connectivity index (χ4v) is 4.49. The van der Waals surface area contributed by atoms with Gasteiger partial charge in [0.25, 0.3) is 0 Å². The first kappa shape index (κ1) is 18.7. The van der Waals surface area contributed by atoms with E-state index in [2.05, 4.69) is 50.9 Å². The van der Waals surface area contributed by atoms with E-state index < -0.39 is 0 Å². The largest absolute Gasteiger partial charge is 0.353 e. The second-order valence-electron chi connectivity index (χ2n) is 8.15. The molecule has 0 saturated heterocycles. The summed E-state index contributed by atoms with van der Waals surface area (Å²) in [5.41, 5.74) is 3.18. The molecular formula is C25H26N4O. The highest BCUT2D eigenvalue weighted by Gasteiger charge is 2.26. The molecule has 1 fully saturated rings. The molecule has 1 saturated carbocycles. The van der Waals surface area contributed by atoms with Gasteiger partial charge in [-0.1, -0.05) is 54.6 Å². The van der Waals surface area contributed by atoms with Crippen molar-refractivity contribution in [1.29, 1.82) is 0 Å². The Labute approximate surface area is 175 Å². The molecule has 1 aliphatic carbocycles. The van der Waals surface area contributed by atoms with Gasteiger partial charge < -0.3 is 15.6 Å². The summed E-state index contributed by atoms with van der Waals surface area (Å²) >= 11 is 0. The lowest BCUT2D eigenvalue weighted by atomic mass is 9.85. The van der Waals surface area contributed by atoms with Gasteiger partial charge in [-0.3, -0.25) is 4.79 Å². The van der Waals surface area contributed by atoms with Crippen molar-refractivity contribution >= 4 is 33.7 Å². The van der Waals surface area contributed by atoms with E-state index in [1.54, 1.807) is 0 Å². The summed E-state index contributed by atoms with van der Waals surface area (Å²) in [6, 6.07) is 23.0. The number of carbonyl (C=O) groups excluding carboxylic acids is 1. The van der Waals surface area contributed by atoms with Crippen molar-refractivity contribution in [3.05, 3.63) is 72.3 Å². The number of amides is 1. The lowest BCUT2D eigenvalue weighted by molar-refractivity contribution is -0.126. The summed E-state index contributed by atoms with van der Waals surface area (Å²) in [7, 11) is 0. The van der Waals surface area contributed by atoms with Crippen molar-refractivity contribution in [2.45, 2.75) is 38.3 Å². The van der Waals surface area contributed by atoms with Gasteiger partial charge in [0.15, 0.2) is 0 Å². The van der Waals surface area contributed by atoms with Crippen molar-refractivity contribution in [3.8, 4) is 0 Å². The summed E-state index contributed by atoms with van der Waals surface area (Å²) in [5.74, 6) is 1.08. The number of H-pyrrole nitrogens is 1. The summed E-state index contributed by atoms with van der Waals surface area (Å²) in [4.78, 5) is 20.7. The number of rotatable bonds is 5. The highest BCUT2D eigenvalue weighted by atomic mass is 16.1. The number of aromatic amines is 1. The molecule has 1 amide bonds. The minimum Gasteiger partial charge on any atom is -0.353 e. The van der Waals surface area contributed by atoms with Crippen LogP contribution in [0, 0.1) is 5.92 Å². The van der Waals surface area contributed by atoms with Gasteiger partial charge in [-0.2, -0.15) is 0 Å². The highest BCUT2D eigenvalue weighted by Crippen LogP contribution is 2.27. The third-order valence-electron chi connectivity index (χ3n) is 6.16. The van der Waals surface area contributed by atoms with Crippen LogP contribution < -0.4 is 10.6 Å². The van der Waals surface area contributed by atoms with Crippen molar-refractivity contribution in [1.82, 2.24) is 15.3 Å². The van der Waals surface area contributed by atoms with E-state index in [1.807, 2.05) is 36.4 Å². The molecule has 5 rings (SSSR count). The minimum absolute atomic E-state index is 0.0914. The molecule has 0 spiro atoms. The SMILES string of the molecule is O=C(NCc1cccc2ccccc12)C1CCC(Nc2nc3ccccc3[nH]2)CC1. The van der Waals surface area contributed by atoms with E-state index in [1.165, 1.54) is 16.3 Å². The van der Waals surface area contributed by atoms with Gasteiger partial charge in [-0.15, -0.1) is 0 Å². The van der Waals surface area contributed by atoms with Crippen molar-refractivity contribution in [3.63, 3.8) is 0 Å². The molecule has 4 aromatic rings. The van der Waals surface area contributed by atoms with Crippen LogP contribution in [-0.2, 0) is 11.3 Å². The maximum Gasteiger partial charge on any atom is 0.223 e. The molecule has 0 aliphatic heterocycles. The van der Waals surface area contributed by atoms with Crippen LogP contribution in [0.2, 0.25) is 0 Å². The fraction of sp³-hybridized carbons (Fsp3) is 0.280. The van der Waals surface area contributed by atoms with E-state index in [-0.39, 0.29) is 11.8 Å². The van der Waals surface area contributed by atoms with Crippen molar-refractivity contribution in [2.75, 3.05) is 5.32 Å². The zero-order chi connectivity index (χ0) is 20.3. The molecule has 3 N–H and O–H groups in total. The summed E-state index contributed by atoms with van der Waals surface area (Å²) in [6.07, 6.45) is 3.76. The molecule has 3 aromatic carbocycles. The zero-order valence-corrected chi connectivity index (χ0v) is 16.9. The van der Waals surface area contributed by atoms with Crippen LogP contribution in [0.25, 0.3) is 21.8 Å². The maximum atomic E-state index is 12.7. The van der Waals surface area contributed by atoms with E-state index in [0.29, 0.717) is 12.6 Å². The number of nitrogens with one attached hydrogen (secondary N) is 3. The van der Waals surface area contributed by atoms with Crippen LogP contribution >= 0.6 is 0 Å². The van der Waals surface area contributed by atoms with Gasteiger partial charge in [0, 0.05) is 18.5 Å². The van der Waals surface area contributed by atoms with E-state index in [0.717, 1.165) is 42.7 Å². The van der Waals surface area contributed by atoms with Gasteiger partial charge in [-0.25, -0.2) is 4.98 Å². The summed E-state index contributed by atoms with van der Waals surface area (Å²) < 4.78 is 0. The number of nitrogens with zero attached hydrogens (tertiary/aromatic N) is 1. The van der Waals surface area contributed by atoms with Crippen molar-refractivity contribution < 1.29 is 4.79 Å². The Kier molecular flexibility index (Phi) is 5.10. The molecule has 1 heterocycles. The number of fused-ring (bicyclic) bond motifs is 2. The van der Waals surface area contributed by atoms with Crippen LogP contribution in [0.15, 0.2) is 66.7 Å². The smallest absolute Gasteiger partial charge is 0.223 e. The normalized spacial score (nSPS) is 19.1. The molecule has 152 valence electrons. The predicted octanol–water partition coefficient (Wildman–Crippen LogP) is 5.00. The second kappa shape index (κ2) is 8.19. The minimum atomic E-state index is 0.0914. The highest BCUT2D eigenvalue weighted by molar-refractivity contribution is 5.86. The number of hydrogen-bond acceptors (Lipinski definition) is 3. The topological polar surface area (TPSA) is 69.8 Å². The van der Waals surface area contributed by atoms with E-state index in [9.17, 15) is 4.79 Å². The Morgan fingerprint density at radius 2 is 1.70 bits per heavy atom. The number of benzene rings is 3. The fourth-order valence-electron chi connectivity index (χ4n) is 4.49. The number of imidazole rings is 1. The molecule has 0 radical (unpaired) electrons. The Balaban J connectivity index is 1.15. The lowest BCUT2D eigenvalue weighted by Gasteiger charge is -2.28. The summed E-state index contributed by atoms with van der Waals surface area (Å²) in [5, 5.41) is 9.09. The number of hydrogen-bond donors (Lipinski definition) is 3. The third-order valence-corrected chi connectivity index (χ3v) is 6.16. The third kappa shape index (κ3) is 3.88. The summed E-state index contributed by atoms with van der Waals surface area (Å²) in [6.45, 7) is 0.581. The Morgan fingerprint density at radius 3 is 2.57 bits per heavy atom. The monoisotopic (exact) mass is 398 g/mol. The van der Waals surface area contributed by atoms with Crippen LogP contribution in [0.1, 0.15) is 31.2 Å². The average molecular weight is 399 g/mol. The molecule has 1 aliphatic rings. The number of para-hydroxylation sites is 2. The van der Waals surface area contributed by atoms with Crippen LogP contribution in [-0.4, -0.2) is 21.9 Å². The second-order valence-corrected chi connectivity index (χ2v) is 8.15. The standard InChI is InChI=1S/C25H26N4O/c30-24(26-16-19-8-5-7-17-6-1-2-9-21(17)19)18-12-14-20(15-13-18)27-25-28-22-10-3-4-11-23(22)29-25/h1-11,18,20H,12-16H2,(H,26,30)(H2,27,28,29). The molecule has 0 bridgehead atoms. The molecule has 5 nitrogen and oxygen atoms in total. The Morgan fingerprint density at radius 1 is 0.933 bits per heavy atom. The van der Waals surface area contributed by atoms with E-state index in [4.69, 9.17) is 0 Å². The Bertz CT molecular complexity index is 1140. The molecular weight excluding hydrogens is 372 g/mol. The molecule has 0 unspecified atom stereocenters. The van der Waals surface area contributed by atoms with E-state index >= 15 is 0 Å². The number of anilines is 1. The first-order valence-corrected chi connectivity index (χ1v) is 10.7.